The molecule has 1 amide bonds. The van der Waals surface area contributed by atoms with Gasteiger partial charge in [-0.25, -0.2) is 4.39 Å². The monoisotopic (exact) mass is 485 g/mol. The number of para-hydroxylation sites is 1. The molecule has 4 rings (SSSR count). The van der Waals surface area contributed by atoms with E-state index in [4.69, 9.17) is 33.7 Å². The fraction of sp³-hybridized carbons (Fsp3) is 0.0870. The van der Waals surface area contributed by atoms with Crippen LogP contribution in [0.15, 0.2) is 60.7 Å². The molecule has 0 aliphatic rings. The maximum atomic E-state index is 15.1. The fourth-order valence-electron chi connectivity index (χ4n) is 3.09. The number of benzene rings is 3. The predicted octanol–water partition coefficient (Wildman–Crippen LogP) is 5.33. The van der Waals surface area contributed by atoms with Crippen LogP contribution in [0.2, 0.25) is 10.0 Å². The number of nitrogen functional groups attached to an aromatic ring is 1. The molecule has 0 spiro atoms. The molecule has 3 N–H and O–H groups in total. The minimum atomic E-state index is -0.717. The van der Waals surface area contributed by atoms with E-state index in [0.717, 1.165) is 0 Å². The minimum absolute atomic E-state index is 0.0581. The lowest BCUT2D eigenvalue weighted by Crippen LogP contribution is -2.24. The molecule has 0 saturated carbocycles. The zero-order valence-corrected chi connectivity index (χ0v) is 18.9. The minimum Gasteiger partial charge on any atom is -0.453 e. The van der Waals surface area contributed by atoms with Crippen molar-refractivity contribution in [1.29, 1.82) is 0 Å². The lowest BCUT2D eigenvalue weighted by Gasteiger charge is -2.13. The predicted molar refractivity (Wildman–Crippen MR) is 125 cm³/mol. The Kier molecular flexibility index (Phi) is 6.48. The molecule has 0 aliphatic carbocycles. The number of aryl methyl sites for hydroxylation is 1. The van der Waals surface area contributed by atoms with E-state index < -0.39 is 11.7 Å². The number of ether oxygens (including phenoxy) is 1. The average Bonchev–Trinajstić information content (AvgIpc) is 3.17. The highest BCUT2D eigenvalue weighted by atomic mass is 35.5. The van der Waals surface area contributed by atoms with Crippen LogP contribution < -0.4 is 15.8 Å². The third kappa shape index (κ3) is 5.08. The van der Waals surface area contributed by atoms with Crippen molar-refractivity contribution in [3.8, 4) is 17.2 Å². The maximum Gasteiger partial charge on any atom is 0.274 e. The van der Waals surface area contributed by atoms with Crippen molar-refractivity contribution in [3.05, 3.63) is 93.5 Å². The number of amides is 1. The summed E-state index contributed by atoms with van der Waals surface area (Å²) in [6.07, 6.45) is 0. The molecule has 168 valence electrons. The summed E-state index contributed by atoms with van der Waals surface area (Å²) in [5.41, 5.74) is 7.58. The van der Waals surface area contributed by atoms with E-state index in [2.05, 4.69) is 15.5 Å². The molecule has 7 nitrogen and oxygen atoms in total. The number of anilines is 1. The van der Waals surface area contributed by atoms with Crippen molar-refractivity contribution in [2.45, 2.75) is 13.5 Å². The second-order valence-corrected chi connectivity index (χ2v) is 7.96. The molecular weight excluding hydrogens is 468 g/mol. The zero-order valence-electron chi connectivity index (χ0n) is 17.3. The summed E-state index contributed by atoms with van der Waals surface area (Å²) in [6, 6.07) is 16.6. The molecule has 0 saturated heterocycles. The number of halogens is 3. The van der Waals surface area contributed by atoms with Crippen LogP contribution in [-0.2, 0) is 6.54 Å². The molecule has 0 radical (unpaired) electrons. The molecule has 33 heavy (non-hydrogen) atoms. The summed E-state index contributed by atoms with van der Waals surface area (Å²) in [7, 11) is 0. The molecule has 0 fully saturated rings. The van der Waals surface area contributed by atoms with Gasteiger partial charge in [-0.2, -0.15) is 9.90 Å². The van der Waals surface area contributed by atoms with Crippen LogP contribution in [0.1, 0.15) is 21.7 Å². The maximum absolute atomic E-state index is 15.1. The van der Waals surface area contributed by atoms with E-state index in [1.54, 1.807) is 6.92 Å². The third-order valence-corrected chi connectivity index (χ3v) is 5.18. The molecule has 0 unspecified atom stereocenters. The number of nitrogens with two attached hydrogens (primary N) is 1. The first-order valence-electron chi connectivity index (χ1n) is 9.80. The van der Waals surface area contributed by atoms with Gasteiger partial charge in [0.15, 0.2) is 17.3 Å². The second-order valence-electron chi connectivity index (χ2n) is 7.11. The van der Waals surface area contributed by atoms with Gasteiger partial charge in [0.2, 0.25) is 0 Å². The number of hydrogen-bond acceptors (Lipinski definition) is 5. The van der Waals surface area contributed by atoms with E-state index in [1.807, 2.05) is 30.3 Å². The van der Waals surface area contributed by atoms with Crippen molar-refractivity contribution >= 4 is 34.8 Å². The molecule has 1 heterocycles. The van der Waals surface area contributed by atoms with Crippen LogP contribution in [0.5, 0.6) is 11.5 Å². The number of hydrogen-bond donors (Lipinski definition) is 2. The Hall–Kier alpha value is -3.62. The van der Waals surface area contributed by atoms with Crippen molar-refractivity contribution in [3.63, 3.8) is 0 Å². The second kappa shape index (κ2) is 9.48. The van der Waals surface area contributed by atoms with E-state index in [9.17, 15) is 4.79 Å². The third-order valence-electron chi connectivity index (χ3n) is 4.67. The highest BCUT2D eigenvalue weighted by molar-refractivity contribution is 6.32. The highest BCUT2D eigenvalue weighted by Gasteiger charge is 2.19. The quantitative estimate of drug-likeness (QED) is 0.360. The first-order chi connectivity index (χ1) is 15.8. The van der Waals surface area contributed by atoms with E-state index in [0.29, 0.717) is 22.1 Å². The Morgan fingerprint density at radius 3 is 2.61 bits per heavy atom. The zero-order chi connectivity index (χ0) is 23.5. The first kappa shape index (κ1) is 22.6. The SMILES string of the molecule is Cc1nn(-c2ccccc2)nc1C(=O)NCc1ccc(Cl)c(Oc2cc(N)cc(Cl)c2)c1F. The summed E-state index contributed by atoms with van der Waals surface area (Å²) in [6.45, 7) is 1.56. The van der Waals surface area contributed by atoms with Gasteiger partial charge >= 0.3 is 0 Å². The van der Waals surface area contributed by atoms with Gasteiger partial charge in [-0.05, 0) is 37.3 Å². The summed E-state index contributed by atoms with van der Waals surface area (Å²) in [5, 5.41) is 11.6. The summed E-state index contributed by atoms with van der Waals surface area (Å²) in [4.78, 5) is 14.0. The molecule has 1 aromatic heterocycles. The van der Waals surface area contributed by atoms with Crippen LogP contribution in [-0.4, -0.2) is 20.9 Å². The summed E-state index contributed by atoms with van der Waals surface area (Å²) in [5.74, 6) is -1.17. The lowest BCUT2D eigenvalue weighted by molar-refractivity contribution is 0.0944. The standard InChI is InChI=1S/C23H18Cl2FN5O2/c1-13-21(30-31(29-13)17-5-3-2-4-6-17)23(32)28-12-14-7-8-19(25)22(20(14)26)33-18-10-15(24)9-16(27)11-18/h2-11H,12,27H2,1H3,(H,28,32). The number of carbonyl (C=O) groups excluding carboxylic acids is 1. The van der Waals surface area contributed by atoms with Crippen molar-refractivity contribution in [2.24, 2.45) is 0 Å². The first-order valence-corrected chi connectivity index (χ1v) is 10.6. The van der Waals surface area contributed by atoms with E-state index in [-0.39, 0.29) is 34.3 Å². The van der Waals surface area contributed by atoms with Gasteiger partial charge in [0, 0.05) is 28.9 Å². The van der Waals surface area contributed by atoms with Crippen molar-refractivity contribution in [1.82, 2.24) is 20.3 Å². The Balaban J connectivity index is 1.51. The molecular formula is C23H18Cl2FN5O2. The Morgan fingerprint density at radius 2 is 1.88 bits per heavy atom. The number of rotatable bonds is 6. The van der Waals surface area contributed by atoms with Gasteiger partial charge < -0.3 is 15.8 Å². The van der Waals surface area contributed by atoms with Crippen LogP contribution >= 0.6 is 23.2 Å². The molecule has 0 atom stereocenters. The molecule has 10 heteroatoms. The van der Waals surface area contributed by atoms with Gasteiger partial charge in [-0.15, -0.1) is 5.10 Å². The Bertz CT molecular complexity index is 1310. The normalized spacial score (nSPS) is 10.8. The number of carbonyl (C=O) groups is 1. The number of aromatic nitrogens is 3. The van der Waals surface area contributed by atoms with Crippen molar-refractivity contribution in [2.75, 3.05) is 5.73 Å². The fourth-order valence-corrected chi connectivity index (χ4v) is 3.51. The van der Waals surface area contributed by atoms with Crippen LogP contribution in [0.25, 0.3) is 5.69 Å². The van der Waals surface area contributed by atoms with Gasteiger partial charge in [-0.1, -0.05) is 47.5 Å². The van der Waals surface area contributed by atoms with Gasteiger partial charge in [0.25, 0.3) is 5.91 Å². The summed E-state index contributed by atoms with van der Waals surface area (Å²) >= 11 is 12.1. The molecule has 3 aromatic carbocycles. The lowest BCUT2D eigenvalue weighted by atomic mass is 10.2. The largest absolute Gasteiger partial charge is 0.453 e. The number of nitrogens with one attached hydrogen (secondary N) is 1. The Morgan fingerprint density at radius 1 is 1.12 bits per heavy atom. The average molecular weight is 486 g/mol. The topological polar surface area (TPSA) is 95.1 Å². The van der Waals surface area contributed by atoms with Gasteiger partial charge in [0.05, 0.1) is 16.4 Å². The Labute approximate surface area is 198 Å². The molecule has 0 bridgehead atoms. The van der Waals surface area contributed by atoms with Crippen molar-refractivity contribution < 1.29 is 13.9 Å². The van der Waals surface area contributed by atoms with Gasteiger partial charge in [0.1, 0.15) is 5.75 Å². The number of nitrogens with zero attached hydrogens (tertiary/aromatic N) is 3. The molecule has 0 aliphatic heterocycles. The van der Waals surface area contributed by atoms with E-state index >= 15 is 4.39 Å². The highest BCUT2D eigenvalue weighted by Crippen LogP contribution is 2.35. The smallest absolute Gasteiger partial charge is 0.274 e. The van der Waals surface area contributed by atoms with Gasteiger partial charge in [-0.3, -0.25) is 4.79 Å². The van der Waals surface area contributed by atoms with E-state index in [1.165, 1.54) is 35.1 Å². The molecule has 4 aromatic rings. The summed E-state index contributed by atoms with van der Waals surface area (Å²) < 4.78 is 20.7. The van der Waals surface area contributed by atoms with Crippen LogP contribution in [0, 0.1) is 12.7 Å². The van der Waals surface area contributed by atoms with Crippen LogP contribution in [0.3, 0.4) is 0 Å². The van der Waals surface area contributed by atoms with Crippen LogP contribution in [0.4, 0.5) is 10.1 Å².